The Hall–Kier alpha value is -1.24. The molecule has 1 aromatic carbocycles. The van der Waals surface area contributed by atoms with Gasteiger partial charge < -0.3 is 4.74 Å². The van der Waals surface area contributed by atoms with Gasteiger partial charge in [-0.15, -0.1) is 0 Å². The Labute approximate surface area is 73.7 Å². The predicted molar refractivity (Wildman–Crippen MR) is 51.8 cm³/mol. The van der Waals surface area contributed by atoms with E-state index in [4.69, 9.17) is 4.74 Å². The molecule has 64 valence electrons. The van der Waals surface area contributed by atoms with Crippen molar-refractivity contribution in [1.29, 1.82) is 0 Å². The Morgan fingerprint density at radius 2 is 1.83 bits per heavy atom. The van der Waals surface area contributed by atoms with Crippen LogP contribution in [0.25, 0.3) is 5.76 Å². The van der Waals surface area contributed by atoms with E-state index in [0.29, 0.717) is 0 Å². The SMILES string of the molecule is C/C=C(/OC)c1ccc(C)cc1. The molecule has 0 aliphatic heterocycles. The van der Waals surface area contributed by atoms with Crippen molar-refractivity contribution in [1.82, 2.24) is 0 Å². The minimum absolute atomic E-state index is 0.926. The van der Waals surface area contributed by atoms with Crippen molar-refractivity contribution in [3.8, 4) is 0 Å². The molecule has 1 aromatic rings. The fourth-order valence-corrected chi connectivity index (χ4v) is 1.12. The maximum Gasteiger partial charge on any atom is 0.121 e. The molecule has 0 heterocycles. The van der Waals surface area contributed by atoms with E-state index in [1.54, 1.807) is 7.11 Å². The third-order valence-corrected chi connectivity index (χ3v) is 1.82. The van der Waals surface area contributed by atoms with Crippen LogP contribution < -0.4 is 0 Å². The Kier molecular flexibility index (Phi) is 2.92. The summed E-state index contributed by atoms with van der Waals surface area (Å²) in [6.07, 6.45) is 1.96. The van der Waals surface area contributed by atoms with Gasteiger partial charge in [0, 0.05) is 5.56 Å². The van der Waals surface area contributed by atoms with Gasteiger partial charge in [-0.3, -0.25) is 0 Å². The summed E-state index contributed by atoms with van der Waals surface area (Å²) in [5.74, 6) is 0.926. The van der Waals surface area contributed by atoms with Crippen LogP contribution in [0.4, 0.5) is 0 Å². The van der Waals surface area contributed by atoms with Gasteiger partial charge in [-0.25, -0.2) is 0 Å². The van der Waals surface area contributed by atoms with Crippen molar-refractivity contribution in [3.63, 3.8) is 0 Å². The van der Waals surface area contributed by atoms with Crippen molar-refractivity contribution < 1.29 is 4.74 Å². The first-order chi connectivity index (χ1) is 5.77. The number of rotatable bonds is 2. The second-order valence-electron chi connectivity index (χ2n) is 2.72. The summed E-state index contributed by atoms with van der Waals surface area (Å²) in [6, 6.07) is 8.29. The lowest BCUT2D eigenvalue weighted by Crippen LogP contribution is -1.86. The van der Waals surface area contributed by atoms with E-state index in [1.165, 1.54) is 5.56 Å². The molecule has 0 saturated carbocycles. The van der Waals surface area contributed by atoms with Crippen LogP contribution in [0.2, 0.25) is 0 Å². The normalized spacial score (nSPS) is 11.4. The highest BCUT2D eigenvalue weighted by atomic mass is 16.5. The van der Waals surface area contributed by atoms with E-state index in [1.807, 2.05) is 13.0 Å². The highest BCUT2D eigenvalue weighted by Crippen LogP contribution is 2.14. The first-order valence-corrected chi connectivity index (χ1v) is 4.05. The molecule has 0 fully saturated rings. The fourth-order valence-electron chi connectivity index (χ4n) is 1.12. The molecule has 0 spiro atoms. The van der Waals surface area contributed by atoms with E-state index in [-0.39, 0.29) is 0 Å². The van der Waals surface area contributed by atoms with Gasteiger partial charge >= 0.3 is 0 Å². The molecule has 0 N–H and O–H groups in total. The number of hydrogen-bond acceptors (Lipinski definition) is 1. The standard InChI is InChI=1S/C11H14O/c1-4-11(12-3)10-7-5-9(2)6-8-10/h4-8H,1-3H3/b11-4+. The van der Waals surface area contributed by atoms with Gasteiger partial charge in [-0.05, 0) is 19.9 Å². The molecule has 0 saturated heterocycles. The molecule has 0 unspecified atom stereocenters. The van der Waals surface area contributed by atoms with Gasteiger partial charge in [0.05, 0.1) is 7.11 Å². The van der Waals surface area contributed by atoms with Crippen LogP contribution in [0.15, 0.2) is 30.3 Å². The number of benzene rings is 1. The van der Waals surface area contributed by atoms with Gasteiger partial charge in [-0.2, -0.15) is 0 Å². The van der Waals surface area contributed by atoms with Crippen LogP contribution in [0, 0.1) is 6.92 Å². The maximum atomic E-state index is 5.19. The van der Waals surface area contributed by atoms with Crippen molar-refractivity contribution in [2.45, 2.75) is 13.8 Å². The van der Waals surface area contributed by atoms with E-state index in [9.17, 15) is 0 Å². The molecule has 0 aromatic heterocycles. The summed E-state index contributed by atoms with van der Waals surface area (Å²) in [4.78, 5) is 0. The number of ether oxygens (including phenoxy) is 1. The zero-order chi connectivity index (χ0) is 8.97. The summed E-state index contributed by atoms with van der Waals surface area (Å²) >= 11 is 0. The predicted octanol–water partition coefficient (Wildman–Crippen LogP) is 3.00. The summed E-state index contributed by atoms with van der Waals surface area (Å²) < 4.78 is 5.19. The molecule has 0 amide bonds. The number of methoxy groups -OCH3 is 1. The largest absolute Gasteiger partial charge is 0.496 e. The molecular formula is C11H14O. The number of allylic oxidation sites excluding steroid dienone is 1. The summed E-state index contributed by atoms with van der Waals surface area (Å²) in [5, 5.41) is 0. The Morgan fingerprint density at radius 1 is 1.25 bits per heavy atom. The molecule has 0 aliphatic carbocycles. The molecule has 0 aliphatic rings. The summed E-state index contributed by atoms with van der Waals surface area (Å²) in [7, 11) is 1.69. The third kappa shape index (κ3) is 1.88. The lowest BCUT2D eigenvalue weighted by atomic mass is 10.1. The van der Waals surface area contributed by atoms with Gasteiger partial charge in [0.2, 0.25) is 0 Å². The van der Waals surface area contributed by atoms with E-state index >= 15 is 0 Å². The molecule has 12 heavy (non-hydrogen) atoms. The quantitative estimate of drug-likeness (QED) is 0.607. The van der Waals surface area contributed by atoms with Crippen molar-refractivity contribution in [2.75, 3.05) is 7.11 Å². The molecule has 1 nitrogen and oxygen atoms in total. The Bertz CT molecular complexity index is 270. The van der Waals surface area contributed by atoms with Gasteiger partial charge in [0.15, 0.2) is 0 Å². The summed E-state index contributed by atoms with van der Waals surface area (Å²) in [6.45, 7) is 4.05. The minimum Gasteiger partial charge on any atom is -0.496 e. The van der Waals surface area contributed by atoms with Crippen LogP contribution >= 0.6 is 0 Å². The van der Waals surface area contributed by atoms with E-state index in [0.717, 1.165) is 11.3 Å². The van der Waals surface area contributed by atoms with Crippen molar-refractivity contribution in [2.24, 2.45) is 0 Å². The molecular weight excluding hydrogens is 148 g/mol. The van der Waals surface area contributed by atoms with Crippen LogP contribution in [-0.2, 0) is 4.74 Å². The second-order valence-corrected chi connectivity index (χ2v) is 2.72. The number of hydrogen-bond donors (Lipinski definition) is 0. The number of aryl methyl sites for hydroxylation is 1. The lowest BCUT2D eigenvalue weighted by molar-refractivity contribution is 0.369. The van der Waals surface area contributed by atoms with Gasteiger partial charge in [-0.1, -0.05) is 29.8 Å². The molecule has 1 heteroatoms. The smallest absolute Gasteiger partial charge is 0.121 e. The van der Waals surface area contributed by atoms with Gasteiger partial charge in [0.25, 0.3) is 0 Å². The fraction of sp³-hybridized carbons (Fsp3) is 0.273. The first kappa shape index (κ1) is 8.85. The summed E-state index contributed by atoms with van der Waals surface area (Å²) in [5.41, 5.74) is 2.40. The van der Waals surface area contributed by atoms with Crippen molar-refractivity contribution >= 4 is 5.76 Å². The lowest BCUT2D eigenvalue weighted by Gasteiger charge is -2.05. The topological polar surface area (TPSA) is 9.23 Å². The van der Waals surface area contributed by atoms with Crippen LogP contribution in [0.1, 0.15) is 18.1 Å². The molecule has 0 radical (unpaired) electrons. The molecule has 1 rings (SSSR count). The first-order valence-electron chi connectivity index (χ1n) is 4.05. The Morgan fingerprint density at radius 3 is 2.25 bits per heavy atom. The average Bonchev–Trinajstić information content (AvgIpc) is 2.10. The minimum atomic E-state index is 0.926. The molecule has 0 bridgehead atoms. The molecule has 0 atom stereocenters. The monoisotopic (exact) mass is 162 g/mol. The van der Waals surface area contributed by atoms with Crippen molar-refractivity contribution in [3.05, 3.63) is 41.5 Å². The van der Waals surface area contributed by atoms with Crippen LogP contribution in [-0.4, -0.2) is 7.11 Å². The van der Waals surface area contributed by atoms with Gasteiger partial charge in [0.1, 0.15) is 5.76 Å². The third-order valence-electron chi connectivity index (χ3n) is 1.82. The zero-order valence-electron chi connectivity index (χ0n) is 7.79. The van der Waals surface area contributed by atoms with Crippen LogP contribution in [0.3, 0.4) is 0 Å². The highest BCUT2D eigenvalue weighted by molar-refractivity contribution is 5.59. The highest BCUT2D eigenvalue weighted by Gasteiger charge is 1.97. The maximum absolute atomic E-state index is 5.19. The van der Waals surface area contributed by atoms with Crippen LogP contribution in [0.5, 0.6) is 0 Å². The second kappa shape index (κ2) is 3.96. The van der Waals surface area contributed by atoms with E-state index < -0.39 is 0 Å². The zero-order valence-corrected chi connectivity index (χ0v) is 7.79. The Balaban J connectivity index is 2.96. The average molecular weight is 162 g/mol. The van der Waals surface area contributed by atoms with E-state index in [2.05, 4.69) is 31.2 Å².